The lowest BCUT2D eigenvalue weighted by atomic mass is 10.0. The lowest BCUT2D eigenvalue weighted by Crippen LogP contribution is -2.10. The van der Waals surface area contributed by atoms with E-state index in [2.05, 4.69) is 45.6 Å². The maximum Gasteiger partial charge on any atom is 0.177 e. The average molecular weight is 335 g/mol. The summed E-state index contributed by atoms with van der Waals surface area (Å²) in [6, 6.07) is 6.38. The molecule has 3 nitrogen and oxygen atoms in total. The third-order valence-electron chi connectivity index (χ3n) is 4.01. The molecule has 0 unspecified atom stereocenters. The van der Waals surface area contributed by atoms with Crippen LogP contribution in [-0.2, 0) is 19.4 Å². The van der Waals surface area contributed by atoms with Gasteiger partial charge >= 0.3 is 0 Å². The molecule has 0 spiro atoms. The third-order valence-corrected chi connectivity index (χ3v) is 4.61. The number of methoxy groups -OCH3 is 1. The minimum Gasteiger partial charge on any atom is -0.496 e. The molecule has 20 heavy (non-hydrogen) atoms. The Balaban J connectivity index is 2.09. The van der Waals surface area contributed by atoms with Gasteiger partial charge in [0.25, 0.3) is 0 Å². The molecule has 0 amide bonds. The van der Waals surface area contributed by atoms with Gasteiger partial charge in [0.2, 0.25) is 0 Å². The fraction of sp³-hybridized carbons (Fsp3) is 0.438. The number of hydrogen-bond acceptors (Lipinski definition) is 2. The predicted molar refractivity (Wildman–Crippen MR) is 84.2 cm³/mol. The normalized spacial score (nSPS) is 14.2. The Kier molecular flexibility index (Phi) is 3.83. The lowest BCUT2D eigenvalue weighted by molar-refractivity contribution is 0.410. The zero-order chi connectivity index (χ0) is 14.1. The molecule has 106 valence electrons. The molecule has 0 radical (unpaired) electrons. The molecule has 0 saturated carbocycles. The Labute approximate surface area is 128 Å². The fourth-order valence-corrected chi connectivity index (χ4v) is 3.50. The predicted octanol–water partition coefficient (Wildman–Crippen LogP) is 4.22. The van der Waals surface area contributed by atoms with Crippen molar-refractivity contribution >= 4 is 15.9 Å². The van der Waals surface area contributed by atoms with E-state index in [-0.39, 0.29) is 0 Å². The van der Waals surface area contributed by atoms with E-state index in [4.69, 9.17) is 9.72 Å². The van der Waals surface area contributed by atoms with Gasteiger partial charge in [0.15, 0.2) is 4.73 Å². The van der Waals surface area contributed by atoms with Crippen molar-refractivity contribution < 1.29 is 4.74 Å². The summed E-state index contributed by atoms with van der Waals surface area (Å²) in [4.78, 5) is 4.73. The van der Waals surface area contributed by atoms with Crippen molar-refractivity contribution in [2.24, 2.45) is 0 Å². The highest BCUT2D eigenvalue weighted by Crippen LogP contribution is 2.33. The first-order valence-corrected chi connectivity index (χ1v) is 7.96. The summed E-state index contributed by atoms with van der Waals surface area (Å²) in [5.74, 6) is 0.961. The maximum absolute atomic E-state index is 5.41. The highest BCUT2D eigenvalue weighted by molar-refractivity contribution is 9.10. The van der Waals surface area contributed by atoms with E-state index in [9.17, 15) is 0 Å². The standard InChI is InChI=1S/C16H19BrN2O/c1-3-11-10-12(7-8-14(11)20-2)15-13-6-4-5-9-19(13)16(17)18-15/h7-8,10H,3-6,9H2,1-2H3. The van der Waals surface area contributed by atoms with Gasteiger partial charge in [0.05, 0.1) is 12.8 Å². The number of rotatable bonds is 3. The van der Waals surface area contributed by atoms with E-state index in [0.717, 1.165) is 35.6 Å². The minimum absolute atomic E-state index is 0.955. The van der Waals surface area contributed by atoms with E-state index in [1.165, 1.54) is 29.7 Å². The Morgan fingerprint density at radius 3 is 2.95 bits per heavy atom. The van der Waals surface area contributed by atoms with Crippen LogP contribution < -0.4 is 4.74 Å². The van der Waals surface area contributed by atoms with E-state index in [1.807, 2.05) is 0 Å². The van der Waals surface area contributed by atoms with Crippen LogP contribution in [0.1, 0.15) is 31.0 Å². The molecule has 1 aromatic carbocycles. The van der Waals surface area contributed by atoms with Crippen molar-refractivity contribution in [3.8, 4) is 17.0 Å². The molecular formula is C16H19BrN2O. The second-order valence-electron chi connectivity index (χ2n) is 5.17. The highest BCUT2D eigenvalue weighted by Gasteiger charge is 2.20. The van der Waals surface area contributed by atoms with Crippen LogP contribution in [0.15, 0.2) is 22.9 Å². The van der Waals surface area contributed by atoms with Crippen molar-refractivity contribution in [3.05, 3.63) is 34.2 Å². The Morgan fingerprint density at radius 2 is 2.20 bits per heavy atom. The van der Waals surface area contributed by atoms with Crippen LogP contribution in [0, 0.1) is 0 Å². The molecular weight excluding hydrogens is 316 g/mol. The average Bonchev–Trinajstić information content (AvgIpc) is 2.84. The van der Waals surface area contributed by atoms with Gasteiger partial charge in [-0.2, -0.15) is 0 Å². The van der Waals surface area contributed by atoms with Gasteiger partial charge in [-0.05, 0) is 65.4 Å². The lowest BCUT2D eigenvalue weighted by Gasteiger charge is -2.16. The summed E-state index contributed by atoms with van der Waals surface area (Å²) in [6.45, 7) is 3.22. The molecule has 3 rings (SSSR count). The van der Waals surface area contributed by atoms with Crippen molar-refractivity contribution in [1.29, 1.82) is 0 Å². The van der Waals surface area contributed by atoms with Gasteiger partial charge in [-0.3, -0.25) is 0 Å². The quantitative estimate of drug-likeness (QED) is 0.840. The summed E-state index contributed by atoms with van der Waals surface area (Å²) in [6.07, 6.45) is 4.57. The molecule has 1 aromatic heterocycles. The Hall–Kier alpha value is -1.29. The van der Waals surface area contributed by atoms with Crippen LogP contribution in [0.2, 0.25) is 0 Å². The zero-order valence-corrected chi connectivity index (χ0v) is 13.5. The van der Waals surface area contributed by atoms with Crippen LogP contribution in [0.3, 0.4) is 0 Å². The van der Waals surface area contributed by atoms with Crippen LogP contribution >= 0.6 is 15.9 Å². The fourth-order valence-electron chi connectivity index (χ4n) is 2.93. The molecule has 0 aliphatic carbocycles. The number of ether oxygens (including phenoxy) is 1. The highest BCUT2D eigenvalue weighted by atomic mass is 79.9. The minimum atomic E-state index is 0.955. The van der Waals surface area contributed by atoms with Crippen LogP contribution in [-0.4, -0.2) is 16.7 Å². The van der Waals surface area contributed by atoms with Crippen LogP contribution in [0.25, 0.3) is 11.3 Å². The molecule has 0 saturated heterocycles. The molecule has 0 N–H and O–H groups in total. The molecule has 0 atom stereocenters. The number of aryl methyl sites for hydroxylation is 1. The van der Waals surface area contributed by atoms with Crippen LogP contribution in [0.5, 0.6) is 5.75 Å². The molecule has 0 fully saturated rings. The summed E-state index contributed by atoms with van der Waals surface area (Å²) >= 11 is 3.59. The van der Waals surface area contributed by atoms with Gasteiger partial charge in [-0.15, -0.1) is 0 Å². The first kappa shape index (κ1) is 13.7. The SMILES string of the molecule is CCc1cc(-c2nc(Br)n3c2CCCC3)ccc1OC. The number of nitrogens with zero attached hydrogens (tertiary/aromatic N) is 2. The Morgan fingerprint density at radius 1 is 1.35 bits per heavy atom. The summed E-state index contributed by atoms with van der Waals surface area (Å²) in [5, 5.41) is 0. The number of hydrogen-bond donors (Lipinski definition) is 0. The van der Waals surface area contributed by atoms with Gasteiger partial charge in [-0.1, -0.05) is 6.92 Å². The number of benzene rings is 1. The largest absolute Gasteiger partial charge is 0.496 e. The van der Waals surface area contributed by atoms with Crippen molar-refractivity contribution in [1.82, 2.24) is 9.55 Å². The Bertz CT molecular complexity index is 634. The number of imidazole rings is 1. The van der Waals surface area contributed by atoms with Crippen molar-refractivity contribution in [3.63, 3.8) is 0 Å². The topological polar surface area (TPSA) is 27.1 Å². The number of aromatic nitrogens is 2. The molecule has 1 aliphatic rings. The molecule has 4 heteroatoms. The first-order valence-electron chi connectivity index (χ1n) is 7.16. The van der Waals surface area contributed by atoms with E-state index in [1.54, 1.807) is 7.11 Å². The number of fused-ring (bicyclic) bond motifs is 1. The summed E-state index contributed by atoms with van der Waals surface area (Å²) < 4.78 is 8.67. The van der Waals surface area contributed by atoms with E-state index in [0.29, 0.717) is 0 Å². The monoisotopic (exact) mass is 334 g/mol. The second-order valence-corrected chi connectivity index (χ2v) is 5.87. The third kappa shape index (κ3) is 2.26. The molecule has 2 aromatic rings. The molecule has 1 aliphatic heterocycles. The van der Waals surface area contributed by atoms with E-state index >= 15 is 0 Å². The first-order chi connectivity index (χ1) is 9.74. The second kappa shape index (κ2) is 5.60. The van der Waals surface area contributed by atoms with Gasteiger partial charge in [-0.25, -0.2) is 4.98 Å². The van der Waals surface area contributed by atoms with E-state index < -0.39 is 0 Å². The smallest absolute Gasteiger partial charge is 0.177 e. The van der Waals surface area contributed by atoms with Gasteiger partial charge in [0.1, 0.15) is 5.75 Å². The molecule has 0 bridgehead atoms. The van der Waals surface area contributed by atoms with Crippen LogP contribution in [0.4, 0.5) is 0 Å². The summed E-state index contributed by atoms with van der Waals surface area (Å²) in [7, 11) is 1.73. The van der Waals surface area contributed by atoms with Gasteiger partial charge in [0, 0.05) is 17.8 Å². The number of halogens is 1. The maximum atomic E-state index is 5.41. The van der Waals surface area contributed by atoms with Crippen molar-refractivity contribution in [2.75, 3.05) is 7.11 Å². The van der Waals surface area contributed by atoms with Crippen molar-refractivity contribution in [2.45, 2.75) is 39.2 Å². The zero-order valence-electron chi connectivity index (χ0n) is 11.9. The van der Waals surface area contributed by atoms with Gasteiger partial charge < -0.3 is 9.30 Å². The summed E-state index contributed by atoms with van der Waals surface area (Å²) in [5.41, 5.74) is 4.90. The molecule has 2 heterocycles.